The molecular formula is C31H49IO5Si. The zero-order chi connectivity index (χ0) is 28.0. The molecule has 7 heteroatoms. The van der Waals surface area contributed by atoms with Gasteiger partial charge in [0.25, 0.3) is 0 Å². The van der Waals surface area contributed by atoms with Crippen LogP contribution in [0.25, 0.3) is 0 Å². The van der Waals surface area contributed by atoms with Crippen LogP contribution in [0.2, 0.25) is 16.6 Å². The van der Waals surface area contributed by atoms with Crippen LogP contribution in [0.15, 0.2) is 30.3 Å². The summed E-state index contributed by atoms with van der Waals surface area (Å²) in [5, 5.41) is 0. The van der Waals surface area contributed by atoms with Gasteiger partial charge >= 0.3 is 0 Å². The van der Waals surface area contributed by atoms with Crippen molar-refractivity contribution in [3.05, 3.63) is 35.9 Å². The monoisotopic (exact) mass is 656 g/mol. The molecule has 3 fully saturated rings. The van der Waals surface area contributed by atoms with Crippen molar-refractivity contribution in [3.63, 3.8) is 0 Å². The van der Waals surface area contributed by atoms with Crippen LogP contribution in [0.3, 0.4) is 0 Å². The third-order valence-electron chi connectivity index (χ3n) is 10.2. The van der Waals surface area contributed by atoms with Crippen molar-refractivity contribution in [3.8, 4) is 0 Å². The van der Waals surface area contributed by atoms with Crippen molar-refractivity contribution in [2.75, 3.05) is 11.2 Å². The summed E-state index contributed by atoms with van der Waals surface area (Å²) in [4.78, 5) is 13.4. The molecule has 1 aromatic rings. The summed E-state index contributed by atoms with van der Waals surface area (Å²) in [7, 11) is -2.28. The second-order valence-corrected chi connectivity index (χ2v) is 19.7. The normalized spacial score (nSPS) is 34.0. The minimum absolute atomic E-state index is 0.0849. The first-order valence-corrected chi connectivity index (χ1v) is 18.2. The lowest BCUT2D eigenvalue weighted by Gasteiger charge is -2.59. The van der Waals surface area contributed by atoms with Gasteiger partial charge in [-0.05, 0) is 46.9 Å². The first-order chi connectivity index (χ1) is 17.8. The first kappa shape index (κ1) is 30.6. The lowest BCUT2D eigenvalue weighted by molar-refractivity contribution is -0.205. The highest BCUT2D eigenvalue weighted by Gasteiger charge is 2.75. The number of ether oxygens (including phenoxy) is 3. The molecular weight excluding hydrogens is 607 g/mol. The summed E-state index contributed by atoms with van der Waals surface area (Å²) >= 11 is 2.48. The average Bonchev–Trinajstić information content (AvgIpc) is 3.28. The number of carbonyl (C=O) groups is 1. The van der Waals surface area contributed by atoms with Gasteiger partial charge in [0.2, 0.25) is 8.32 Å². The quantitative estimate of drug-likeness (QED) is 0.0765. The number of benzene rings is 1. The summed E-state index contributed by atoms with van der Waals surface area (Å²) in [6.07, 6.45) is 0.382. The number of hydrogen-bond donors (Lipinski definition) is 0. The number of halogens is 1. The lowest BCUT2D eigenvalue weighted by atomic mass is 9.50. The summed E-state index contributed by atoms with van der Waals surface area (Å²) < 4.78 is 28.0. The van der Waals surface area contributed by atoms with Crippen LogP contribution in [-0.2, 0) is 30.0 Å². The third kappa shape index (κ3) is 4.89. The Morgan fingerprint density at radius 2 is 1.66 bits per heavy atom. The molecule has 0 bridgehead atoms. The highest BCUT2D eigenvalue weighted by molar-refractivity contribution is 14.1. The Labute approximate surface area is 245 Å². The van der Waals surface area contributed by atoms with Gasteiger partial charge in [0, 0.05) is 10.3 Å². The highest BCUT2D eigenvalue weighted by Crippen LogP contribution is 2.69. The van der Waals surface area contributed by atoms with E-state index in [4.69, 9.17) is 18.6 Å². The second kappa shape index (κ2) is 11.5. The first-order valence-electron chi connectivity index (χ1n) is 14.5. The number of alkyl halides is 1. The largest absolute Gasteiger partial charge is 0.410 e. The number of ketones is 1. The number of fused-ring (bicyclic) bond motifs is 3. The van der Waals surface area contributed by atoms with Crippen molar-refractivity contribution >= 4 is 36.7 Å². The van der Waals surface area contributed by atoms with E-state index in [0.29, 0.717) is 29.1 Å². The number of rotatable bonds is 12. The standard InChI is InChI=1S/C31H49IO5Si/c1-19(2)38(20(3)4,21(5)6)37-29-25(22(7)33)27-26(24-15-30(8,9)31(24,17-32)36-27)28(29)35-18-34-16-23-13-11-10-12-14-23/h10-14,19-21,24-29H,15-18H2,1-9H3/t24-,25+,26-,27-,28-,29-,31+/m1/s1. The van der Waals surface area contributed by atoms with Gasteiger partial charge in [0.15, 0.2) is 0 Å². The SMILES string of the molecule is CC(=O)[C@H]1[C@H]2O[C@@]3(CI)[C@H](CC3(C)C)[C@H]2[C@@H](OCOCc2ccccc2)[C@@H]1O[Si](C(C)C)(C(C)C)C(C)C. The number of Topliss-reactive ketones (excluding diaryl/α,β-unsaturated/α-hetero) is 1. The van der Waals surface area contributed by atoms with Gasteiger partial charge in [-0.3, -0.25) is 4.79 Å². The van der Waals surface area contributed by atoms with E-state index in [1.54, 1.807) is 6.92 Å². The molecule has 2 aliphatic carbocycles. The molecule has 1 aliphatic heterocycles. The van der Waals surface area contributed by atoms with Crippen LogP contribution in [0.4, 0.5) is 0 Å². The highest BCUT2D eigenvalue weighted by atomic mass is 127. The Hall–Kier alpha value is -0.323. The van der Waals surface area contributed by atoms with E-state index in [2.05, 4.69) is 90.1 Å². The molecule has 214 valence electrons. The van der Waals surface area contributed by atoms with Crippen LogP contribution in [0.5, 0.6) is 0 Å². The summed E-state index contributed by atoms with van der Waals surface area (Å²) in [6, 6.07) is 10.2. The molecule has 0 radical (unpaired) electrons. The van der Waals surface area contributed by atoms with Gasteiger partial charge in [-0.1, -0.05) is 108 Å². The molecule has 0 unspecified atom stereocenters. The number of carbonyl (C=O) groups excluding carboxylic acids is 1. The maximum Gasteiger partial charge on any atom is 0.200 e. The fourth-order valence-corrected chi connectivity index (χ4v) is 15.8. The maximum absolute atomic E-state index is 13.4. The van der Waals surface area contributed by atoms with E-state index in [0.717, 1.165) is 16.4 Å². The Morgan fingerprint density at radius 1 is 1.05 bits per heavy atom. The van der Waals surface area contributed by atoms with E-state index >= 15 is 0 Å². The molecule has 2 saturated carbocycles. The third-order valence-corrected chi connectivity index (χ3v) is 17.5. The maximum atomic E-state index is 13.4. The van der Waals surface area contributed by atoms with E-state index < -0.39 is 8.32 Å². The molecule has 3 aliphatic rings. The zero-order valence-electron chi connectivity index (χ0n) is 24.8. The van der Waals surface area contributed by atoms with Crippen LogP contribution in [-0.4, -0.2) is 49.2 Å². The van der Waals surface area contributed by atoms with Gasteiger partial charge < -0.3 is 18.6 Å². The zero-order valence-corrected chi connectivity index (χ0v) is 28.0. The summed E-state index contributed by atoms with van der Waals surface area (Å²) in [6.45, 7) is 20.8. The molecule has 1 heterocycles. The summed E-state index contributed by atoms with van der Waals surface area (Å²) in [5.41, 5.74) is 2.25. The minimum Gasteiger partial charge on any atom is -0.410 e. The molecule has 0 N–H and O–H groups in total. The van der Waals surface area contributed by atoms with Gasteiger partial charge in [-0.15, -0.1) is 0 Å². The Morgan fingerprint density at radius 3 is 2.16 bits per heavy atom. The second-order valence-electron chi connectivity index (χ2n) is 13.5. The van der Waals surface area contributed by atoms with Crippen LogP contribution >= 0.6 is 22.6 Å². The fraction of sp³-hybridized carbons (Fsp3) is 0.774. The predicted molar refractivity (Wildman–Crippen MR) is 163 cm³/mol. The van der Waals surface area contributed by atoms with Gasteiger partial charge in [0.05, 0.1) is 36.4 Å². The lowest BCUT2D eigenvalue weighted by Crippen LogP contribution is -2.64. The van der Waals surface area contributed by atoms with E-state index in [1.807, 2.05) is 18.2 Å². The van der Waals surface area contributed by atoms with Crippen molar-refractivity contribution < 1.29 is 23.4 Å². The van der Waals surface area contributed by atoms with E-state index in [1.165, 1.54) is 0 Å². The summed E-state index contributed by atoms with van der Waals surface area (Å²) in [5.74, 6) is 0.337. The smallest absolute Gasteiger partial charge is 0.200 e. The van der Waals surface area contributed by atoms with Gasteiger partial charge in [0.1, 0.15) is 12.6 Å². The Balaban J connectivity index is 1.67. The van der Waals surface area contributed by atoms with Crippen molar-refractivity contribution in [1.29, 1.82) is 0 Å². The van der Waals surface area contributed by atoms with Crippen LogP contribution < -0.4 is 0 Å². The molecule has 38 heavy (non-hydrogen) atoms. The van der Waals surface area contributed by atoms with Crippen molar-refractivity contribution in [2.24, 2.45) is 23.2 Å². The molecule has 4 rings (SSSR count). The van der Waals surface area contributed by atoms with Gasteiger partial charge in [-0.2, -0.15) is 0 Å². The molecule has 0 amide bonds. The Kier molecular flexibility index (Phi) is 9.28. The molecule has 0 aromatic heterocycles. The topological polar surface area (TPSA) is 54.0 Å². The minimum atomic E-state index is -2.28. The number of hydrogen-bond acceptors (Lipinski definition) is 5. The molecule has 1 aromatic carbocycles. The molecule has 0 spiro atoms. The van der Waals surface area contributed by atoms with E-state index in [9.17, 15) is 4.79 Å². The molecule has 5 nitrogen and oxygen atoms in total. The fourth-order valence-electron chi connectivity index (χ4n) is 8.47. The van der Waals surface area contributed by atoms with Crippen LogP contribution in [0, 0.1) is 23.2 Å². The van der Waals surface area contributed by atoms with Crippen molar-refractivity contribution in [1.82, 2.24) is 0 Å². The van der Waals surface area contributed by atoms with Gasteiger partial charge in [-0.25, -0.2) is 0 Å². The van der Waals surface area contributed by atoms with E-state index in [-0.39, 0.29) is 53.7 Å². The van der Waals surface area contributed by atoms with Crippen molar-refractivity contribution in [2.45, 2.75) is 116 Å². The molecule has 7 atom stereocenters. The van der Waals surface area contributed by atoms with Crippen LogP contribution in [0.1, 0.15) is 74.3 Å². The Bertz CT molecular complexity index is 945. The molecule has 1 saturated heterocycles. The predicted octanol–water partition coefficient (Wildman–Crippen LogP) is 7.56. The average molecular weight is 657 g/mol.